The molecule has 19 heavy (non-hydrogen) atoms. The second-order valence-corrected chi connectivity index (χ2v) is 3.93. The van der Waals surface area contributed by atoms with Gasteiger partial charge in [0.1, 0.15) is 11.5 Å². The Labute approximate surface area is 109 Å². The lowest BCUT2D eigenvalue weighted by Gasteiger charge is -2.18. The maximum absolute atomic E-state index is 10.6. The number of hydrogen-bond acceptors (Lipinski definition) is 5. The normalized spacial score (nSPS) is 10.4. The number of aromatic hydroxyl groups is 1. The van der Waals surface area contributed by atoms with Gasteiger partial charge in [-0.05, 0) is 6.07 Å². The van der Waals surface area contributed by atoms with Gasteiger partial charge in [-0.1, -0.05) is 6.07 Å². The van der Waals surface area contributed by atoms with E-state index in [4.69, 9.17) is 14.9 Å². The van der Waals surface area contributed by atoms with E-state index in [9.17, 15) is 14.7 Å². The number of benzene rings is 1. The monoisotopic (exact) mass is 269 g/mol. The molecule has 0 heterocycles. The number of carboxylic acid groups (broad SMARTS) is 2. The smallest absolute Gasteiger partial charge is 0.317 e. The predicted octanol–water partition coefficient (Wildman–Crippen LogP) is 0.372. The van der Waals surface area contributed by atoms with Crippen molar-refractivity contribution in [3.63, 3.8) is 0 Å². The number of methoxy groups -OCH3 is 1. The van der Waals surface area contributed by atoms with Crippen LogP contribution in [0.1, 0.15) is 5.56 Å². The molecular formula is C12H15NO6. The molecule has 0 aliphatic rings. The van der Waals surface area contributed by atoms with Crippen molar-refractivity contribution in [3.05, 3.63) is 23.8 Å². The van der Waals surface area contributed by atoms with E-state index in [0.717, 1.165) is 0 Å². The number of hydrogen-bond donors (Lipinski definition) is 3. The largest absolute Gasteiger partial charge is 0.507 e. The minimum atomic E-state index is -1.13. The first kappa shape index (κ1) is 14.8. The van der Waals surface area contributed by atoms with Crippen molar-refractivity contribution < 1.29 is 29.6 Å². The van der Waals surface area contributed by atoms with Crippen LogP contribution >= 0.6 is 0 Å². The minimum Gasteiger partial charge on any atom is -0.507 e. The Morgan fingerprint density at radius 3 is 2.21 bits per heavy atom. The van der Waals surface area contributed by atoms with Crippen LogP contribution in [0.5, 0.6) is 11.5 Å². The molecule has 1 aromatic carbocycles. The van der Waals surface area contributed by atoms with Crippen LogP contribution in [0.2, 0.25) is 0 Å². The van der Waals surface area contributed by atoms with Gasteiger partial charge in [0.05, 0.1) is 20.2 Å². The van der Waals surface area contributed by atoms with Crippen molar-refractivity contribution in [3.8, 4) is 11.5 Å². The number of phenolic OH excluding ortho intramolecular Hbond substituents is 1. The molecule has 0 saturated heterocycles. The van der Waals surface area contributed by atoms with Crippen LogP contribution in [0.4, 0.5) is 0 Å². The van der Waals surface area contributed by atoms with Gasteiger partial charge < -0.3 is 20.1 Å². The summed E-state index contributed by atoms with van der Waals surface area (Å²) < 4.78 is 4.92. The Morgan fingerprint density at radius 1 is 1.21 bits per heavy atom. The van der Waals surface area contributed by atoms with Crippen molar-refractivity contribution in [1.29, 1.82) is 0 Å². The fourth-order valence-corrected chi connectivity index (χ4v) is 1.60. The Morgan fingerprint density at radius 2 is 1.79 bits per heavy atom. The average Bonchev–Trinajstić information content (AvgIpc) is 2.30. The lowest BCUT2D eigenvalue weighted by molar-refractivity contribution is -0.142. The van der Waals surface area contributed by atoms with Gasteiger partial charge in [-0.3, -0.25) is 14.5 Å². The number of aliphatic carboxylic acids is 2. The summed E-state index contributed by atoms with van der Waals surface area (Å²) in [6, 6.07) is 4.55. The molecule has 0 aliphatic heterocycles. The van der Waals surface area contributed by atoms with Gasteiger partial charge in [0.15, 0.2) is 0 Å². The zero-order valence-electron chi connectivity index (χ0n) is 10.4. The van der Waals surface area contributed by atoms with Crippen molar-refractivity contribution in [1.82, 2.24) is 4.90 Å². The summed E-state index contributed by atoms with van der Waals surface area (Å²) in [4.78, 5) is 22.5. The van der Waals surface area contributed by atoms with E-state index in [1.807, 2.05) is 0 Å². The average molecular weight is 269 g/mol. The second-order valence-electron chi connectivity index (χ2n) is 3.93. The molecule has 1 aromatic rings. The van der Waals surface area contributed by atoms with Crippen molar-refractivity contribution in [2.24, 2.45) is 0 Å². The Hall–Kier alpha value is -2.28. The maximum Gasteiger partial charge on any atom is 0.317 e. The number of carbonyl (C=O) groups is 2. The highest BCUT2D eigenvalue weighted by Gasteiger charge is 2.15. The number of ether oxygens (including phenoxy) is 1. The van der Waals surface area contributed by atoms with E-state index in [1.165, 1.54) is 18.1 Å². The lowest BCUT2D eigenvalue weighted by atomic mass is 10.1. The van der Waals surface area contributed by atoms with Crippen LogP contribution < -0.4 is 4.74 Å². The fourth-order valence-electron chi connectivity index (χ4n) is 1.60. The van der Waals surface area contributed by atoms with Crippen molar-refractivity contribution in [2.45, 2.75) is 6.54 Å². The number of nitrogens with zero attached hydrogens (tertiary/aromatic N) is 1. The molecule has 0 aromatic heterocycles. The van der Waals surface area contributed by atoms with Crippen molar-refractivity contribution >= 4 is 11.9 Å². The van der Waals surface area contributed by atoms with Crippen molar-refractivity contribution in [2.75, 3.05) is 20.2 Å². The van der Waals surface area contributed by atoms with Crippen LogP contribution in [0.15, 0.2) is 18.2 Å². The summed E-state index contributed by atoms with van der Waals surface area (Å²) in [5.74, 6) is -1.87. The van der Waals surface area contributed by atoms with E-state index < -0.39 is 25.0 Å². The summed E-state index contributed by atoms with van der Waals surface area (Å²) in [6.07, 6.45) is 0. The summed E-state index contributed by atoms with van der Waals surface area (Å²) in [6.45, 7) is -0.816. The molecule has 0 saturated carbocycles. The third kappa shape index (κ3) is 4.84. The van der Waals surface area contributed by atoms with Gasteiger partial charge >= 0.3 is 11.9 Å². The summed E-state index contributed by atoms with van der Waals surface area (Å²) in [7, 11) is 1.45. The molecule has 0 unspecified atom stereocenters. The second kappa shape index (κ2) is 6.60. The molecule has 1 rings (SSSR count). The Kier molecular flexibility index (Phi) is 5.13. The molecule has 0 radical (unpaired) electrons. The molecule has 7 nitrogen and oxygen atoms in total. The standard InChI is InChI=1S/C12H15NO6/c1-19-9-3-2-8(10(14)4-9)5-13(6-11(15)16)7-12(17)18/h2-4,14H,5-7H2,1H3,(H,15,16)(H,17,18). The molecule has 104 valence electrons. The summed E-state index contributed by atoms with van der Waals surface area (Å²) >= 11 is 0. The molecule has 0 aliphatic carbocycles. The highest BCUT2D eigenvalue weighted by atomic mass is 16.5. The predicted molar refractivity (Wildman–Crippen MR) is 65.2 cm³/mol. The van der Waals surface area contributed by atoms with Crippen LogP contribution in [-0.4, -0.2) is 52.4 Å². The van der Waals surface area contributed by atoms with Crippen LogP contribution in [0.3, 0.4) is 0 Å². The maximum atomic E-state index is 10.6. The van der Waals surface area contributed by atoms with Gasteiger partial charge in [0.2, 0.25) is 0 Å². The molecule has 0 atom stereocenters. The van der Waals surface area contributed by atoms with Gasteiger partial charge in [-0.25, -0.2) is 0 Å². The Balaban J connectivity index is 2.83. The first-order chi connectivity index (χ1) is 8.92. The van der Waals surface area contributed by atoms with Crippen LogP contribution in [0, 0.1) is 0 Å². The number of carboxylic acids is 2. The van der Waals surface area contributed by atoms with Crippen LogP contribution in [0.25, 0.3) is 0 Å². The quantitative estimate of drug-likeness (QED) is 0.656. The SMILES string of the molecule is COc1ccc(CN(CC(=O)O)CC(=O)O)c(O)c1. The third-order valence-electron chi connectivity index (χ3n) is 2.40. The highest BCUT2D eigenvalue weighted by molar-refractivity contribution is 5.72. The van der Waals surface area contributed by atoms with E-state index in [1.54, 1.807) is 12.1 Å². The highest BCUT2D eigenvalue weighted by Crippen LogP contribution is 2.24. The van der Waals surface area contributed by atoms with E-state index in [-0.39, 0.29) is 12.3 Å². The third-order valence-corrected chi connectivity index (χ3v) is 2.40. The Bertz CT molecular complexity index is 457. The lowest BCUT2D eigenvalue weighted by Crippen LogP contribution is -2.33. The van der Waals surface area contributed by atoms with Gasteiger partial charge in [-0.2, -0.15) is 0 Å². The molecule has 7 heteroatoms. The molecule has 0 fully saturated rings. The number of phenols is 1. The van der Waals surface area contributed by atoms with Crippen LogP contribution in [-0.2, 0) is 16.1 Å². The van der Waals surface area contributed by atoms with Gasteiger partial charge in [0.25, 0.3) is 0 Å². The molecule has 0 bridgehead atoms. The summed E-state index contributed by atoms with van der Waals surface area (Å²) in [5.41, 5.74) is 0.434. The molecule has 0 spiro atoms. The van der Waals surface area contributed by atoms with E-state index >= 15 is 0 Å². The van der Waals surface area contributed by atoms with Gasteiger partial charge in [0, 0.05) is 18.2 Å². The number of rotatable bonds is 7. The topological polar surface area (TPSA) is 107 Å². The molecular weight excluding hydrogens is 254 g/mol. The summed E-state index contributed by atoms with van der Waals surface area (Å²) in [5, 5.41) is 27.2. The zero-order valence-corrected chi connectivity index (χ0v) is 10.4. The molecule has 0 amide bonds. The first-order valence-electron chi connectivity index (χ1n) is 5.44. The minimum absolute atomic E-state index is 0.0222. The van der Waals surface area contributed by atoms with E-state index in [2.05, 4.69) is 0 Å². The zero-order chi connectivity index (χ0) is 14.4. The van der Waals surface area contributed by atoms with E-state index in [0.29, 0.717) is 11.3 Å². The molecule has 3 N–H and O–H groups in total. The van der Waals surface area contributed by atoms with Gasteiger partial charge in [-0.15, -0.1) is 0 Å². The fraction of sp³-hybridized carbons (Fsp3) is 0.333. The first-order valence-corrected chi connectivity index (χ1v) is 5.44.